The average Bonchev–Trinajstić information content (AvgIpc) is 3.31. The van der Waals surface area contributed by atoms with Gasteiger partial charge in [-0.15, -0.1) is 0 Å². The fourth-order valence-electron chi connectivity index (χ4n) is 3.82. The number of carbonyl (C=O) groups is 2. The van der Waals surface area contributed by atoms with Crippen LogP contribution in [0.25, 0.3) is 16.9 Å². The van der Waals surface area contributed by atoms with Crippen molar-refractivity contribution in [2.75, 3.05) is 23.8 Å². The van der Waals surface area contributed by atoms with Gasteiger partial charge in [-0.2, -0.15) is 0 Å². The highest BCUT2D eigenvalue weighted by Gasteiger charge is 2.24. The summed E-state index contributed by atoms with van der Waals surface area (Å²) in [7, 11) is 1.61. The van der Waals surface area contributed by atoms with Crippen LogP contribution in [0.1, 0.15) is 39.2 Å². The second-order valence-electron chi connectivity index (χ2n) is 9.85. The molecule has 0 aliphatic heterocycles. The number of imidazole rings is 1. The van der Waals surface area contributed by atoms with Gasteiger partial charge >= 0.3 is 12.1 Å². The van der Waals surface area contributed by atoms with Gasteiger partial charge in [0.1, 0.15) is 5.60 Å². The highest BCUT2D eigenvalue weighted by molar-refractivity contribution is 5.91. The maximum absolute atomic E-state index is 12.5. The number of nitrogens with one attached hydrogen (secondary N) is 2. The molecule has 0 spiro atoms. The summed E-state index contributed by atoms with van der Waals surface area (Å²) in [6, 6.07) is 17.3. The lowest BCUT2D eigenvalue weighted by atomic mass is 10.0. The fourth-order valence-corrected chi connectivity index (χ4v) is 3.82. The summed E-state index contributed by atoms with van der Waals surface area (Å²) in [5.74, 6) is 0.598. The van der Waals surface area contributed by atoms with E-state index in [9.17, 15) is 9.59 Å². The largest absolute Gasteiger partial charge is 0.443 e. The lowest BCUT2D eigenvalue weighted by Gasteiger charge is -2.24. The second kappa shape index (κ2) is 10.7. The van der Waals surface area contributed by atoms with Crippen LogP contribution in [0.2, 0.25) is 0 Å². The van der Waals surface area contributed by atoms with Crippen LogP contribution in [0.3, 0.4) is 0 Å². The minimum atomic E-state index is -0.621. The topological polar surface area (TPSA) is 101 Å². The molecule has 0 saturated carbocycles. The molecule has 192 valence electrons. The molecule has 0 radical (unpaired) electrons. The Morgan fingerprint density at radius 3 is 2.43 bits per heavy atom. The van der Waals surface area contributed by atoms with E-state index < -0.39 is 11.7 Å². The van der Waals surface area contributed by atoms with Crippen molar-refractivity contribution in [3.8, 4) is 11.3 Å². The molecule has 1 unspecified atom stereocenters. The molecular weight excluding hydrogens is 468 g/mol. The molecule has 4 rings (SSSR count). The number of ether oxygens (including phenoxy) is 1. The van der Waals surface area contributed by atoms with Crippen molar-refractivity contribution in [1.82, 2.24) is 19.7 Å². The molecule has 3 amide bonds. The van der Waals surface area contributed by atoms with E-state index in [4.69, 9.17) is 4.74 Å². The first-order valence-corrected chi connectivity index (χ1v) is 12.1. The summed E-state index contributed by atoms with van der Waals surface area (Å²) >= 11 is 0. The Bertz CT molecular complexity index is 1380. The van der Waals surface area contributed by atoms with Gasteiger partial charge in [0.05, 0.1) is 11.9 Å². The summed E-state index contributed by atoms with van der Waals surface area (Å²) in [5.41, 5.74) is 3.48. The maximum Gasteiger partial charge on any atom is 0.415 e. The van der Waals surface area contributed by atoms with E-state index in [2.05, 4.69) is 39.7 Å². The normalized spacial score (nSPS) is 12.1. The molecule has 2 aromatic carbocycles. The van der Waals surface area contributed by atoms with E-state index in [1.54, 1.807) is 25.6 Å². The van der Waals surface area contributed by atoms with Gasteiger partial charge in [-0.3, -0.25) is 9.30 Å². The first kappa shape index (κ1) is 25.7. The van der Waals surface area contributed by atoms with Gasteiger partial charge in [-0.1, -0.05) is 49.4 Å². The van der Waals surface area contributed by atoms with Crippen molar-refractivity contribution in [3.05, 3.63) is 78.8 Å². The van der Waals surface area contributed by atoms with Gasteiger partial charge in [-0.25, -0.2) is 19.6 Å². The smallest absolute Gasteiger partial charge is 0.415 e. The first-order valence-electron chi connectivity index (χ1n) is 12.1. The lowest BCUT2D eigenvalue weighted by Crippen LogP contribution is -2.34. The first-order chi connectivity index (χ1) is 17.6. The standard InChI is InChI=1S/C28H32N6O3/c1-19(20-9-7-6-8-10-20)17-31-26(35)32-22-13-11-21(12-14-22)23-18-30-25-24(29-15-16-34(23)25)33(5)27(36)37-28(2,3)4/h6-16,18-19H,17H2,1-5H3,(H2,31,32,35). The third kappa shape index (κ3) is 6.24. The number of anilines is 2. The van der Waals surface area contributed by atoms with E-state index in [0.717, 1.165) is 11.3 Å². The predicted molar refractivity (Wildman–Crippen MR) is 145 cm³/mol. The van der Waals surface area contributed by atoms with E-state index >= 15 is 0 Å². The van der Waals surface area contributed by atoms with Crippen LogP contribution in [0, 0.1) is 0 Å². The monoisotopic (exact) mass is 500 g/mol. The molecule has 0 aliphatic carbocycles. The van der Waals surface area contributed by atoms with Crippen molar-refractivity contribution < 1.29 is 14.3 Å². The predicted octanol–water partition coefficient (Wildman–Crippen LogP) is 5.69. The van der Waals surface area contributed by atoms with Crippen LogP contribution >= 0.6 is 0 Å². The molecule has 4 aromatic rings. The molecule has 2 aromatic heterocycles. The van der Waals surface area contributed by atoms with Crippen LogP contribution in [-0.4, -0.2) is 45.7 Å². The Kier molecular flexibility index (Phi) is 7.42. The van der Waals surface area contributed by atoms with E-state index in [0.29, 0.717) is 23.7 Å². The molecule has 37 heavy (non-hydrogen) atoms. The summed E-state index contributed by atoms with van der Waals surface area (Å²) in [6.45, 7) is 8.05. The number of nitrogens with zero attached hydrogens (tertiary/aromatic N) is 4. The molecule has 2 N–H and O–H groups in total. The minimum absolute atomic E-state index is 0.207. The molecule has 2 heterocycles. The number of carbonyl (C=O) groups excluding carboxylic acids is 2. The van der Waals surface area contributed by atoms with Gasteiger partial charge in [0.15, 0.2) is 11.5 Å². The number of urea groups is 1. The van der Waals surface area contributed by atoms with Gasteiger partial charge in [-0.05, 0) is 44.4 Å². The van der Waals surface area contributed by atoms with Gasteiger partial charge < -0.3 is 15.4 Å². The third-order valence-electron chi connectivity index (χ3n) is 5.77. The number of rotatable bonds is 6. The van der Waals surface area contributed by atoms with Crippen LogP contribution in [-0.2, 0) is 4.74 Å². The Balaban J connectivity index is 1.43. The van der Waals surface area contributed by atoms with Crippen molar-refractivity contribution in [3.63, 3.8) is 0 Å². The summed E-state index contributed by atoms with van der Waals surface area (Å²) < 4.78 is 7.33. The molecule has 0 bridgehead atoms. The number of aromatic nitrogens is 3. The summed E-state index contributed by atoms with van der Waals surface area (Å²) in [4.78, 5) is 35.1. The van der Waals surface area contributed by atoms with Crippen LogP contribution < -0.4 is 15.5 Å². The maximum atomic E-state index is 12.5. The zero-order chi connectivity index (χ0) is 26.6. The number of benzene rings is 2. The molecular formula is C28H32N6O3. The SMILES string of the molecule is CC(CNC(=O)Nc1ccc(-c2cnc3c(N(C)C(=O)OC(C)(C)C)nccn23)cc1)c1ccccc1. The highest BCUT2D eigenvalue weighted by atomic mass is 16.6. The molecule has 9 heteroatoms. The van der Waals surface area contributed by atoms with Crippen molar-refractivity contribution in [2.24, 2.45) is 0 Å². The quantitative estimate of drug-likeness (QED) is 0.354. The lowest BCUT2D eigenvalue weighted by molar-refractivity contribution is 0.0588. The van der Waals surface area contributed by atoms with Gasteiger partial charge in [0, 0.05) is 37.2 Å². The Labute approximate surface area is 216 Å². The minimum Gasteiger partial charge on any atom is -0.443 e. The van der Waals surface area contributed by atoms with E-state index in [1.807, 2.05) is 67.6 Å². The van der Waals surface area contributed by atoms with Crippen LogP contribution in [0.4, 0.5) is 21.1 Å². The van der Waals surface area contributed by atoms with E-state index in [1.165, 1.54) is 10.5 Å². The molecule has 0 saturated heterocycles. The Morgan fingerprint density at radius 2 is 1.76 bits per heavy atom. The third-order valence-corrected chi connectivity index (χ3v) is 5.77. The molecule has 9 nitrogen and oxygen atoms in total. The summed E-state index contributed by atoms with van der Waals surface area (Å²) in [5, 5.41) is 5.80. The van der Waals surface area contributed by atoms with Crippen molar-refractivity contribution >= 4 is 29.3 Å². The van der Waals surface area contributed by atoms with Crippen molar-refractivity contribution in [1.29, 1.82) is 0 Å². The summed E-state index contributed by atoms with van der Waals surface area (Å²) in [6.07, 6.45) is 4.62. The van der Waals surface area contributed by atoms with E-state index in [-0.39, 0.29) is 11.9 Å². The second-order valence-corrected chi connectivity index (χ2v) is 9.85. The molecule has 0 fully saturated rings. The molecule has 1 atom stereocenters. The Morgan fingerprint density at radius 1 is 1.05 bits per heavy atom. The highest BCUT2D eigenvalue weighted by Crippen LogP contribution is 2.26. The number of amides is 3. The van der Waals surface area contributed by atoms with Gasteiger partial charge in [0.2, 0.25) is 0 Å². The molecule has 0 aliphatic rings. The van der Waals surface area contributed by atoms with Crippen LogP contribution in [0.5, 0.6) is 0 Å². The Hall–Kier alpha value is -4.40. The van der Waals surface area contributed by atoms with Crippen molar-refractivity contribution in [2.45, 2.75) is 39.2 Å². The number of fused-ring (bicyclic) bond motifs is 1. The van der Waals surface area contributed by atoms with Gasteiger partial charge in [0.25, 0.3) is 0 Å². The fraction of sp³-hybridized carbons (Fsp3) is 0.286. The number of hydrogen-bond acceptors (Lipinski definition) is 5. The number of hydrogen-bond donors (Lipinski definition) is 2. The van der Waals surface area contributed by atoms with Crippen LogP contribution in [0.15, 0.2) is 73.2 Å². The zero-order valence-electron chi connectivity index (χ0n) is 21.7. The zero-order valence-corrected chi connectivity index (χ0v) is 21.7. The average molecular weight is 501 g/mol.